The van der Waals surface area contributed by atoms with Gasteiger partial charge in [0.1, 0.15) is 0 Å². The van der Waals surface area contributed by atoms with Crippen LogP contribution < -0.4 is 10.7 Å². The van der Waals surface area contributed by atoms with Crippen molar-refractivity contribution in [2.24, 2.45) is 5.10 Å². The summed E-state index contributed by atoms with van der Waals surface area (Å²) in [5.41, 5.74) is 4.64. The number of amides is 2. The average Bonchev–Trinajstić information content (AvgIpc) is 2.59. The van der Waals surface area contributed by atoms with E-state index in [1.165, 1.54) is 0 Å². The Morgan fingerprint density at radius 1 is 1.04 bits per heavy atom. The maximum Gasteiger partial charge on any atom is 0.259 e. The van der Waals surface area contributed by atoms with E-state index in [2.05, 4.69) is 15.8 Å². The van der Waals surface area contributed by atoms with Crippen LogP contribution in [0.5, 0.6) is 0 Å². The van der Waals surface area contributed by atoms with E-state index in [-0.39, 0.29) is 6.54 Å². The molecule has 24 heavy (non-hydrogen) atoms. The molecular formula is C18H18ClN3O2. The lowest BCUT2D eigenvalue weighted by Crippen LogP contribution is -2.35. The molecule has 124 valence electrons. The molecule has 0 saturated carbocycles. The maximum atomic E-state index is 11.9. The third-order valence-electron chi connectivity index (χ3n) is 3.20. The Balaban J connectivity index is 1.80. The molecule has 5 nitrogen and oxygen atoms in total. The molecule has 0 saturated heterocycles. The minimum atomic E-state index is -0.402. The Bertz CT molecular complexity index is 745. The molecule has 2 aromatic rings. The number of carbonyl (C=O) groups excluding carboxylic acids is 2. The van der Waals surface area contributed by atoms with E-state index in [0.717, 1.165) is 11.3 Å². The molecule has 0 aliphatic carbocycles. The molecule has 0 bridgehead atoms. The van der Waals surface area contributed by atoms with Crippen LogP contribution in [-0.4, -0.2) is 24.1 Å². The van der Waals surface area contributed by atoms with E-state index in [1.54, 1.807) is 24.3 Å². The summed E-state index contributed by atoms with van der Waals surface area (Å²) in [5, 5.41) is 6.88. The third kappa shape index (κ3) is 5.52. The molecule has 0 spiro atoms. The van der Waals surface area contributed by atoms with Crippen LogP contribution >= 0.6 is 11.6 Å². The molecule has 0 unspecified atom stereocenters. The molecule has 0 heterocycles. The number of rotatable bonds is 6. The van der Waals surface area contributed by atoms with Gasteiger partial charge >= 0.3 is 0 Å². The molecule has 2 rings (SSSR count). The summed E-state index contributed by atoms with van der Waals surface area (Å²) in [6, 6.07) is 16.5. The molecule has 2 N–H and O–H groups in total. The van der Waals surface area contributed by atoms with Gasteiger partial charge in [-0.25, -0.2) is 5.43 Å². The Hall–Kier alpha value is -2.66. The number of carbonyl (C=O) groups is 2. The number of nitrogens with one attached hydrogen (secondary N) is 2. The fourth-order valence-electron chi connectivity index (χ4n) is 2.03. The van der Waals surface area contributed by atoms with E-state index in [1.807, 2.05) is 37.3 Å². The van der Waals surface area contributed by atoms with Gasteiger partial charge in [0.25, 0.3) is 11.8 Å². The highest BCUT2D eigenvalue weighted by atomic mass is 35.5. The van der Waals surface area contributed by atoms with Crippen molar-refractivity contribution in [2.45, 2.75) is 13.3 Å². The average molecular weight is 344 g/mol. The zero-order chi connectivity index (χ0) is 17.4. The second-order valence-corrected chi connectivity index (χ2v) is 5.61. The fourth-order valence-corrected chi connectivity index (χ4v) is 2.25. The highest BCUT2D eigenvalue weighted by Gasteiger charge is 2.10. The van der Waals surface area contributed by atoms with Crippen molar-refractivity contribution in [1.29, 1.82) is 0 Å². The molecule has 0 aromatic heterocycles. The van der Waals surface area contributed by atoms with Crippen LogP contribution in [0.1, 0.15) is 22.8 Å². The number of hydrogen-bond donors (Lipinski definition) is 2. The van der Waals surface area contributed by atoms with E-state index >= 15 is 0 Å². The minimum Gasteiger partial charge on any atom is -0.343 e. The first-order valence-electron chi connectivity index (χ1n) is 7.45. The Labute approximate surface area is 145 Å². The monoisotopic (exact) mass is 343 g/mol. The number of hydrazone groups is 1. The minimum absolute atomic E-state index is 0.174. The predicted molar refractivity (Wildman–Crippen MR) is 95.2 cm³/mol. The smallest absolute Gasteiger partial charge is 0.259 e. The third-order valence-corrected chi connectivity index (χ3v) is 3.53. The number of benzene rings is 2. The molecule has 2 aromatic carbocycles. The topological polar surface area (TPSA) is 70.6 Å². The molecule has 0 aliphatic heterocycles. The summed E-state index contributed by atoms with van der Waals surface area (Å²) in [6.07, 6.45) is 0.646. The second kappa shape index (κ2) is 8.84. The van der Waals surface area contributed by atoms with Gasteiger partial charge in [0.15, 0.2) is 0 Å². The van der Waals surface area contributed by atoms with Gasteiger partial charge in [0.2, 0.25) is 0 Å². The molecule has 2 amide bonds. The van der Waals surface area contributed by atoms with E-state index in [4.69, 9.17) is 11.6 Å². The van der Waals surface area contributed by atoms with Gasteiger partial charge < -0.3 is 5.32 Å². The van der Waals surface area contributed by atoms with Gasteiger partial charge in [0, 0.05) is 12.1 Å². The van der Waals surface area contributed by atoms with Crippen LogP contribution in [0.2, 0.25) is 5.02 Å². The van der Waals surface area contributed by atoms with Crippen LogP contribution in [0.25, 0.3) is 0 Å². The lowest BCUT2D eigenvalue weighted by Gasteiger charge is -2.06. The van der Waals surface area contributed by atoms with Crippen molar-refractivity contribution in [3.05, 3.63) is 70.7 Å². The van der Waals surface area contributed by atoms with Crippen LogP contribution in [0.3, 0.4) is 0 Å². The van der Waals surface area contributed by atoms with Crippen molar-refractivity contribution in [1.82, 2.24) is 10.7 Å². The number of nitrogens with zero attached hydrogens (tertiary/aromatic N) is 1. The first-order chi connectivity index (χ1) is 11.6. The Kier molecular flexibility index (Phi) is 6.51. The van der Waals surface area contributed by atoms with Crippen molar-refractivity contribution >= 4 is 29.1 Å². The van der Waals surface area contributed by atoms with E-state index in [9.17, 15) is 9.59 Å². The SMILES string of the molecule is C/C(Cc1ccccc1)=N/NC(=O)CNC(=O)c1ccccc1Cl. The summed E-state index contributed by atoms with van der Waals surface area (Å²) in [5.74, 6) is -0.802. The first kappa shape index (κ1) is 17.7. The standard InChI is InChI=1S/C18H18ClN3O2/c1-13(11-14-7-3-2-4-8-14)21-22-17(23)12-20-18(24)15-9-5-6-10-16(15)19/h2-10H,11-12H2,1H3,(H,20,24)(H,22,23)/b21-13-. The summed E-state index contributed by atoms with van der Waals surface area (Å²) in [6.45, 7) is 1.65. The summed E-state index contributed by atoms with van der Waals surface area (Å²) in [7, 11) is 0. The van der Waals surface area contributed by atoms with Crippen molar-refractivity contribution < 1.29 is 9.59 Å². The highest BCUT2D eigenvalue weighted by Crippen LogP contribution is 2.14. The summed E-state index contributed by atoms with van der Waals surface area (Å²) in [4.78, 5) is 23.7. The van der Waals surface area contributed by atoms with Crippen molar-refractivity contribution in [3.8, 4) is 0 Å². The largest absolute Gasteiger partial charge is 0.343 e. The van der Waals surface area contributed by atoms with Gasteiger partial charge in [0.05, 0.1) is 17.1 Å². The molecule has 0 atom stereocenters. The summed E-state index contributed by atoms with van der Waals surface area (Å²) >= 11 is 5.93. The maximum absolute atomic E-state index is 11.9. The molecule has 0 radical (unpaired) electrons. The van der Waals surface area contributed by atoms with Crippen molar-refractivity contribution in [3.63, 3.8) is 0 Å². The molecule has 6 heteroatoms. The van der Waals surface area contributed by atoms with Gasteiger partial charge in [-0.2, -0.15) is 5.10 Å². The quantitative estimate of drug-likeness (QED) is 0.625. The number of halogens is 1. The highest BCUT2D eigenvalue weighted by molar-refractivity contribution is 6.33. The normalized spacial score (nSPS) is 11.0. The second-order valence-electron chi connectivity index (χ2n) is 5.21. The zero-order valence-electron chi connectivity index (χ0n) is 13.3. The van der Waals surface area contributed by atoms with E-state index in [0.29, 0.717) is 17.0 Å². The van der Waals surface area contributed by atoms with Crippen LogP contribution in [-0.2, 0) is 11.2 Å². The first-order valence-corrected chi connectivity index (χ1v) is 7.82. The zero-order valence-corrected chi connectivity index (χ0v) is 14.0. The lowest BCUT2D eigenvalue weighted by molar-refractivity contribution is -0.120. The van der Waals surface area contributed by atoms with Crippen molar-refractivity contribution in [2.75, 3.05) is 6.54 Å². The Morgan fingerprint density at radius 2 is 1.71 bits per heavy atom. The van der Waals surface area contributed by atoms with Crippen LogP contribution in [0.15, 0.2) is 59.7 Å². The molecule has 0 aliphatic rings. The predicted octanol–water partition coefficient (Wildman–Crippen LogP) is 2.80. The summed E-state index contributed by atoms with van der Waals surface area (Å²) < 4.78 is 0. The number of hydrogen-bond acceptors (Lipinski definition) is 3. The van der Waals surface area contributed by atoms with Gasteiger partial charge in [-0.15, -0.1) is 0 Å². The van der Waals surface area contributed by atoms with Crippen LogP contribution in [0.4, 0.5) is 0 Å². The Morgan fingerprint density at radius 3 is 2.42 bits per heavy atom. The lowest BCUT2D eigenvalue weighted by atomic mass is 10.1. The fraction of sp³-hybridized carbons (Fsp3) is 0.167. The van der Waals surface area contributed by atoms with E-state index < -0.39 is 11.8 Å². The molecule has 0 fully saturated rings. The van der Waals surface area contributed by atoms with Crippen LogP contribution in [0, 0.1) is 0 Å². The van der Waals surface area contributed by atoms with Gasteiger partial charge in [-0.3, -0.25) is 9.59 Å². The van der Waals surface area contributed by atoms with Gasteiger partial charge in [-0.1, -0.05) is 54.1 Å². The molecular weight excluding hydrogens is 326 g/mol. The van der Waals surface area contributed by atoms with Gasteiger partial charge in [-0.05, 0) is 24.6 Å².